The largest absolute Gasteiger partial charge is 0.390 e. The summed E-state index contributed by atoms with van der Waals surface area (Å²) < 4.78 is 39.6. The monoisotopic (exact) mass is 622 g/mol. The van der Waals surface area contributed by atoms with Gasteiger partial charge in [-0.25, -0.2) is 0 Å². The van der Waals surface area contributed by atoms with E-state index >= 15 is 0 Å². The Labute approximate surface area is 267 Å². The Morgan fingerprint density at radius 1 is 0.977 bits per heavy atom. The standard InChI is InChI=1S/C36H62O8/c1-26(12-9-18-35(3,4)37)30-16-17-31-28(13-10-19-36(30,31)5)14-15-29-22-32(43-24-39-7)34(33(27(29)2)44-25-40-8)42-21-11-20-41-23-38-6/h14-15,26,30-34,37H,2,9-13,16-25H2,1,3-8H3/b28-14+,29-15-/t26-,30-,31+,32-,33-,34-,36-/m1/s1. The number of methoxy groups -OCH3 is 3. The van der Waals surface area contributed by atoms with Crippen LogP contribution in [0.5, 0.6) is 0 Å². The summed E-state index contributed by atoms with van der Waals surface area (Å²) in [5, 5.41) is 10.2. The zero-order valence-electron chi connectivity index (χ0n) is 28.7. The lowest BCUT2D eigenvalue weighted by atomic mass is 9.60. The second kappa shape index (κ2) is 18.3. The Kier molecular flexibility index (Phi) is 15.5. The Bertz CT molecular complexity index is 924. The molecule has 0 spiro atoms. The molecule has 0 unspecified atom stereocenters. The van der Waals surface area contributed by atoms with E-state index in [9.17, 15) is 5.11 Å². The molecule has 0 saturated heterocycles. The van der Waals surface area contributed by atoms with E-state index in [4.69, 9.17) is 33.2 Å². The molecule has 1 N–H and O–H groups in total. The average Bonchev–Trinajstić information content (AvgIpc) is 3.34. The Balaban J connectivity index is 1.75. The van der Waals surface area contributed by atoms with Crippen molar-refractivity contribution in [3.05, 3.63) is 35.5 Å². The molecular weight excluding hydrogens is 560 g/mol. The lowest BCUT2D eigenvalue weighted by Crippen LogP contribution is -2.48. The zero-order valence-corrected chi connectivity index (χ0v) is 28.7. The zero-order chi connectivity index (χ0) is 32.2. The van der Waals surface area contributed by atoms with E-state index in [1.165, 1.54) is 32.1 Å². The predicted octanol–water partition coefficient (Wildman–Crippen LogP) is 6.97. The van der Waals surface area contributed by atoms with Gasteiger partial charge in [-0.3, -0.25) is 0 Å². The maximum Gasteiger partial charge on any atom is 0.147 e. The van der Waals surface area contributed by atoms with E-state index in [-0.39, 0.29) is 32.6 Å². The smallest absolute Gasteiger partial charge is 0.147 e. The fourth-order valence-electron chi connectivity index (χ4n) is 8.06. The first-order chi connectivity index (χ1) is 21.1. The van der Waals surface area contributed by atoms with E-state index < -0.39 is 11.7 Å². The normalized spacial score (nSPS) is 32.0. The number of allylic oxidation sites excluding steroid dienone is 3. The molecule has 8 heteroatoms. The van der Waals surface area contributed by atoms with Gasteiger partial charge in [-0.1, -0.05) is 51.0 Å². The van der Waals surface area contributed by atoms with E-state index in [0.717, 1.165) is 42.7 Å². The van der Waals surface area contributed by atoms with Crippen molar-refractivity contribution < 1.29 is 38.3 Å². The van der Waals surface area contributed by atoms with Crippen LogP contribution in [-0.4, -0.2) is 83.9 Å². The Morgan fingerprint density at radius 2 is 1.70 bits per heavy atom. The van der Waals surface area contributed by atoms with Crippen LogP contribution in [0, 0.1) is 23.2 Å². The second-order valence-corrected chi connectivity index (χ2v) is 14.0. The molecule has 0 aliphatic heterocycles. The number of ether oxygens (including phenoxy) is 7. The molecule has 3 aliphatic carbocycles. The van der Waals surface area contributed by atoms with Crippen LogP contribution in [0.4, 0.5) is 0 Å². The van der Waals surface area contributed by atoms with Gasteiger partial charge in [0.05, 0.1) is 18.3 Å². The van der Waals surface area contributed by atoms with Crippen molar-refractivity contribution in [1.29, 1.82) is 0 Å². The van der Waals surface area contributed by atoms with E-state index in [0.29, 0.717) is 36.9 Å². The molecule has 0 aromatic rings. The summed E-state index contributed by atoms with van der Waals surface area (Å²) in [7, 11) is 4.87. The molecule has 0 amide bonds. The van der Waals surface area contributed by atoms with Crippen LogP contribution in [0.15, 0.2) is 35.5 Å². The summed E-state index contributed by atoms with van der Waals surface area (Å²) >= 11 is 0. The van der Waals surface area contributed by atoms with Gasteiger partial charge in [-0.2, -0.15) is 0 Å². The molecular formula is C36H62O8. The van der Waals surface area contributed by atoms with Gasteiger partial charge in [0.1, 0.15) is 32.6 Å². The summed E-state index contributed by atoms with van der Waals surface area (Å²) in [5.41, 5.74) is 3.37. The van der Waals surface area contributed by atoms with Crippen molar-refractivity contribution in [2.24, 2.45) is 23.2 Å². The van der Waals surface area contributed by atoms with Gasteiger partial charge in [-0.15, -0.1) is 0 Å². The number of rotatable bonds is 19. The minimum absolute atomic E-state index is 0.141. The molecule has 3 saturated carbocycles. The third kappa shape index (κ3) is 10.5. The maximum absolute atomic E-state index is 10.2. The number of hydrogen-bond acceptors (Lipinski definition) is 8. The van der Waals surface area contributed by atoms with Crippen LogP contribution < -0.4 is 0 Å². The first-order valence-corrected chi connectivity index (χ1v) is 16.8. The summed E-state index contributed by atoms with van der Waals surface area (Å²) in [4.78, 5) is 0. The highest BCUT2D eigenvalue weighted by atomic mass is 16.7. The van der Waals surface area contributed by atoms with E-state index in [1.54, 1.807) is 26.9 Å². The first kappa shape index (κ1) is 37.4. The van der Waals surface area contributed by atoms with Crippen LogP contribution in [0.1, 0.15) is 91.9 Å². The number of aliphatic hydroxyl groups is 1. The van der Waals surface area contributed by atoms with Crippen molar-refractivity contribution in [2.45, 2.75) is 116 Å². The lowest BCUT2D eigenvalue weighted by Gasteiger charge is -2.44. The quantitative estimate of drug-likeness (QED) is 0.122. The molecule has 3 fully saturated rings. The minimum Gasteiger partial charge on any atom is -0.390 e. The van der Waals surface area contributed by atoms with Crippen molar-refractivity contribution in [3.8, 4) is 0 Å². The number of hydrogen-bond donors (Lipinski definition) is 1. The van der Waals surface area contributed by atoms with Gasteiger partial charge in [0, 0.05) is 34.4 Å². The van der Waals surface area contributed by atoms with E-state index in [2.05, 4.69) is 32.6 Å². The van der Waals surface area contributed by atoms with Crippen LogP contribution in [0.3, 0.4) is 0 Å². The molecule has 0 radical (unpaired) electrons. The van der Waals surface area contributed by atoms with Gasteiger partial charge >= 0.3 is 0 Å². The van der Waals surface area contributed by atoms with Crippen LogP contribution in [-0.2, 0) is 33.2 Å². The molecule has 0 aromatic heterocycles. The third-order valence-corrected chi connectivity index (χ3v) is 10.2. The highest BCUT2D eigenvalue weighted by molar-refractivity contribution is 5.40. The lowest BCUT2D eigenvalue weighted by molar-refractivity contribution is -0.182. The Morgan fingerprint density at radius 3 is 2.41 bits per heavy atom. The fourth-order valence-corrected chi connectivity index (χ4v) is 8.06. The summed E-state index contributed by atoms with van der Waals surface area (Å²) in [6.45, 7) is 15.0. The minimum atomic E-state index is -0.578. The van der Waals surface area contributed by atoms with Gasteiger partial charge in [0.15, 0.2) is 0 Å². The Hall–Kier alpha value is -1.10. The SMILES string of the molecule is C=C1/C(=C\C=C2/CCC[C@]3(C)[C@@H]([C@H](C)CCCC(C)(C)O)CC[C@@H]23)C[C@@H](OCOC)[C@@H](OCCCOCOC)[C@@H]1OCOC. The second-order valence-electron chi connectivity index (χ2n) is 14.0. The van der Waals surface area contributed by atoms with Crippen LogP contribution in [0.25, 0.3) is 0 Å². The molecule has 3 rings (SSSR count). The summed E-state index contributed by atoms with van der Waals surface area (Å²) in [6.07, 6.45) is 14.5. The molecule has 0 bridgehead atoms. The summed E-state index contributed by atoms with van der Waals surface area (Å²) in [5.74, 6) is 2.01. The van der Waals surface area contributed by atoms with Crippen LogP contribution in [0.2, 0.25) is 0 Å². The predicted molar refractivity (Wildman–Crippen MR) is 173 cm³/mol. The topological polar surface area (TPSA) is 84.8 Å². The molecule has 7 atom stereocenters. The van der Waals surface area contributed by atoms with Crippen LogP contribution >= 0.6 is 0 Å². The van der Waals surface area contributed by atoms with Gasteiger partial charge in [-0.05, 0) is 93.1 Å². The number of fused-ring (bicyclic) bond motifs is 1. The van der Waals surface area contributed by atoms with Crippen molar-refractivity contribution in [1.82, 2.24) is 0 Å². The third-order valence-electron chi connectivity index (χ3n) is 10.2. The fraction of sp³-hybridized carbons (Fsp3) is 0.833. The van der Waals surface area contributed by atoms with E-state index in [1.807, 2.05) is 13.8 Å². The average molecular weight is 623 g/mol. The molecule has 44 heavy (non-hydrogen) atoms. The molecule has 3 aliphatic rings. The highest BCUT2D eigenvalue weighted by Crippen LogP contribution is 2.60. The maximum atomic E-state index is 10.2. The molecule has 0 aromatic carbocycles. The van der Waals surface area contributed by atoms with Crippen molar-refractivity contribution in [2.75, 3.05) is 54.9 Å². The molecule has 8 nitrogen and oxygen atoms in total. The van der Waals surface area contributed by atoms with Crippen molar-refractivity contribution >= 4 is 0 Å². The highest BCUT2D eigenvalue weighted by Gasteiger charge is 2.50. The first-order valence-electron chi connectivity index (χ1n) is 16.8. The molecule has 0 heterocycles. The molecule has 254 valence electrons. The van der Waals surface area contributed by atoms with Gasteiger partial charge < -0.3 is 38.3 Å². The van der Waals surface area contributed by atoms with Gasteiger partial charge in [0.25, 0.3) is 0 Å². The van der Waals surface area contributed by atoms with Crippen molar-refractivity contribution in [3.63, 3.8) is 0 Å². The summed E-state index contributed by atoms with van der Waals surface area (Å²) in [6, 6.07) is 0. The van der Waals surface area contributed by atoms with Gasteiger partial charge in [0.2, 0.25) is 0 Å².